The summed E-state index contributed by atoms with van der Waals surface area (Å²) in [6.07, 6.45) is -1.67. The van der Waals surface area contributed by atoms with Crippen molar-refractivity contribution in [2.75, 3.05) is 13.1 Å². The number of nitrogens with zero attached hydrogens (tertiary/aromatic N) is 3. The van der Waals surface area contributed by atoms with Crippen molar-refractivity contribution in [2.45, 2.75) is 43.9 Å². The largest absolute Gasteiger partial charge is 0.445 e. The second-order valence-corrected chi connectivity index (χ2v) is 11.6. The zero-order valence-electron chi connectivity index (χ0n) is 21.8. The van der Waals surface area contributed by atoms with Crippen molar-refractivity contribution in [1.82, 2.24) is 19.9 Å². The van der Waals surface area contributed by atoms with Crippen molar-refractivity contribution < 1.29 is 27.7 Å². The van der Waals surface area contributed by atoms with Gasteiger partial charge in [-0.1, -0.05) is 74.5 Å². The molecule has 0 bridgehead atoms. The number of nitrogens with one attached hydrogen (secondary N) is 1. The van der Waals surface area contributed by atoms with E-state index in [-0.39, 0.29) is 36.9 Å². The number of ether oxygens (including phenoxy) is 1. The predicted octanol–water partition coefficient (Wildman–Crippen LogP) is 3.77. The Hall–Kier alpha value is -3.80. The van der Waals surface area contributed by atoms with Crippen LogP contribution in [0.15, 0.2) is 88.4 Å². The smallest absolute Gasteiger partial charge is 0.407 e. The van der Waals surface area contributed by atoms with Gasteiger partial charge in [0.2, 0.25) is 10.0 Å². The number of amides is 1. The minimum atomic E-state index is -4.02. The van der Waals surface area contributed by atoms with Gasteiger partial charge in [0.15, 0.2) is 0 Å². The predicted molar refractivity (Wildman–Crippen MR) is 145 cm³/mol. The van der Waals surface area contributed by atoms with Gasteiger partial charge in [0, 0.05) is 13.1 Å². The number of carbonyl (C=O) groups is 1. The summed E-state index contributed by atoms with van der Waals surface area (Å²) in [6.45, 7) is 3.76. The third-order valence-electron chi connectivity index (χ3n) is 6.10. The van der Waals surface area contributed by atoms with Crippen molar-refractivity contribution in [3.05, 3.63) is 90.0 Å². The topological polar surface area (TPSA) is 135 Å². The van der Waals surface area contributed by atoms with E-state index in [1.54, 1.807) is 0 Å². The molecule has 2 atom stereocenters. The molecule has 0 saturated heterocycles. The summed E-state index contributed by atoms with van der Waals surface area (Å²) in [4.78, 5) is 12.7. The Morgan fingerprint density at radius 3 is 2.26 bits per heavy atom. The van der Waals surface area contributed by atoms with E-state index in [0.717, 1.165) is 11.1 Å². The summed E-state index contributed by atoms with van der Waals surface area (Å²) in [7, 11) is -4.02. The molecular weight excluding hydrogens is 520 g/mol. The lowest BCUT2D eigenvalue weighted by molar-refractivity contribution is 0.0873. The molecule has 4 aromatic rings. The van der Waals surface area contributed by atoms with Crippen LogP contribution in [0.5, 0.6) is 0 Å². The van der Waals surface area contributed by atoms with Crippen molar-refractivity contribution in [3.8, 4) is 0 Å². The first-order chi connectivity index (χ1) is 18.7. The molecule has 39 heavy (non-hydrogen) atoms. The summed E-state index contributed by atoms with van der Waals surface area (Å²) >= 11 is 0. The van der Waals surface area contributed by atoms with Crippen LogP contribution < -0.4 is 5.32 Å². The highest BCUT2D eigenvalue weighted by atomic mass is 32.2. The Bertz CT molecular complexity index is 1460. The van der Waals surface area contributed by atoms with Crippen molar-refractivity contribution in [2.24, 2.45) is 5.92 Å². The molecule has 1 amide bonds. The Balaban J connectivity index is 1.54. The van der Waals surface area contributed by atoms with Crippen molar-refractivity contribution >= 4 is 27.1 Å². The number of carbonyl (C=O) groups excluding carboxylic acids is 1. The maximum absolute atomic E-state index is 13.7. The number of benzene rings is 3. The van der Waals surface area contributed by atoms with Gasteiger partial charge in [0.25, 0.3) is 0 Å². The Labute approximate surface area is 227 Å². The molecular formula is C28H32N4O6S. The number of aliphatic hydroxyl groups excluding tert-OH is 1. The molecule has 0 aliphatic carbocycles. The Morgan fingerprint density at radius 2 is 1.59 bits per heavy atom. The summed E-state index contributed by atoms with van der Waals surface area (Å²) in [6, 6.07) is 22.1. The number of aliphatic hydroxyl groups is 1. The van der Waals surface area contributed by atoms with Gasteiger partial charge >= 0.3 is 6.09 Å². The number of alkyl carbamates (subject to hydrolysis) is 1. The van der Waals surface area contributed by atoms with Crippen LogP contribution in [0.4, 0.5) is 4.79 Å². The third kappa shape index (κ3) is 7.62. The SMILES string of the molecule is CC(C)CN(C[C@@H](O)[C@H](Cc1ccccc1)NC(=O)OCc1ccccc1)S(=O)(=O)c1ccc2nonc2c1. The fraction of sp³-hybridized carbons (Fsp3) is 0.321. The lowest BCUT2D eigenvalue weighted by Gasteiger charge is -2.30. The van der Waals surface area contributed by atoms with E-state index in [4.69, 9.17) is 9.37 Å². The first-order valence-electron chi connectivity index (χ1n) is 12.6. The van der Waals surface area contributed by atoms with Crippen LogP contribution in [0.1, 0.15) is 25.0 Å². The highest BCUT2D eigenvalue weighted by Crippen LogP contribution is 2.22. The third-order valence-corrected chi connectivity index (χ3v) is 7.93. The van der Waals surface area contributed by atoms with Gasteiger partial charge in [-0.2, -0.15) is 4.31 Å². The van der Waals surface area contributed by atoms with Crippen LogP contribution in [0.25, 0.3) is 11.0 Å². The van der Waals surface area contributed by atoms with E-state index in [1.165, 1.54) is 22.5 Å². The number of rotatable bonds is 12. The summed E-state index contributed by atoms with van der Waals surface area (Å²) in [5.74, 6) is -0.0270. The maximum atomic E-state index is 13.7. The molecule has 4 rings (SSSR count). The van der Waals surface area contributed by atoms with Gasteiger partial charge in [-0.3, -0.25) is 0 Å². The molecule has 1 heterocycles. The van der Waals surface area contributed by atoms with Gasteiger partial charge in [0.05, 0.1) is 17.0 Å². The first kappa shape index (κ1) is 28.2. The molecule has 2 N–H and O–H groups in total. The number of hydrogen-bond donors (Lipinski definition) is 2. The molecule has 0 radical (unpaired) electrons. The van der Waals surface area contributed by atoms with Gasteiger partial charge in [-0.25, -0.2) is 17.8 Å². The molecule has 0 spiro atoms. The molecule has 206 valence electrons. The number of sulfonamides is 1. The van der Waals surface area contributed by atoms with Crippen LogP contribution in [-0.4, -0.2) is 59.5 Å². The van der Waals surface area contributed by atoms with Crippen LogP contribution in [-0.2, 0) is 27.8 Å². The lowest BCUT2D eigenvalue weighted by Crippen LogP contribution is -2.51. The molecule has 0 fully saturated rings. The minimum absolute atomic E-state index is 0.00777. The maximum Gasteiger partial charge on any atom is 0.407 e. The second kappa shape index (κ2) is 12.8. The standard InChI is InChI=1S/C28H32N4O6S/c1-20(2)17-32(39(35,36)23-13-14-24-25(16-23)31-38-30-24)18-27(33)26(15-21-9-5-3-6-10-21)29-28(34)37-19-22-11-7-4-8-12-22/h3-14,16,20,26-27,33H,15,17-19H2,1-2H3,(H,29,34)/t26-,27+/m0/s1. The van der Waals surface area contributed by atoms with E-state index in [1.807, 2.05) is 74.5 Å². The van der Waals surface area contributed by atoms with Crippen LogP contribution in [0.2, 0.25) is 0 Å². The average molecular weight is 553 g/mol. The summed E-state index contributed by atoms with van der Waals surface area (Å²) < 4.78 is 38.6. The molecule has 0 saturated carbocycles. The highest BCUT2D eigenvalue weighted by molar-refractivity contribution is 7.89. The zero-order chi connectivity index (χ0) is 27.8. The van der Waals surface area contributed by atoms with Crippen molar-refractivity contribution in [3.63, 3.8) is 0 Å². The molecule has 3 aromatic carbocycles. The van der Waals surface area contributed by atoms with Gasteiger partial charge in [-0.15, -0.1) is 0 Å². The first-order valence-corrected chi connectivity index (χ1v) is 14.1. The molecule has 10 nitrogen and oxygen atoms in total. The molecule has 0 aliphatic rings. The van der Waals surface area contributed by atoms with Crippen molar-refractivity contribution in [1.29, 1.82) is 0 Å². The van der Waals surface area contributed by atoms with Gasteiger partial charge in [-0.05, 0) is 52.0 Å². The van der Waals surface area contributed by atoms with Crippen LogP contribution in [0, 0.1) is 5.92 Å². The number of aromatic nitrogens is 2. The van der Waals surface area contributed by atoms with Gasteiger partial charge < -0.3 is 15.2 Å². The number of fused-ring (bicyclic) bond motifs is 1. The highest BCUT2D eigenvalue weighted by Gasteiger charge is 2.32. The Kier molecular flexibility index (Phi) is 9.28. The van der Waals surface area contributed by atoms with Gasteiger partial charge in [0.1, 0.15) is 17.6 Å². The van der Waals surface area contributed by atoms with Crippen LogP contribution in [0.3, 0.4) is 0 Å². The normalized spacial score (nSPS) is 13.5. The van der Waals surface area contributed by atoms with E-state index < -0.39 is 28.3 Å². The fourth-order valence-corrected chi connectivity index (χ4v) is 5.79. The molecule has 1 aromatic heterocycles. The molecule has 0 aliphatic heterocycles. The Morgan fingerprint density at radius 1 is 0.949 bits per heavy atom. The van der Waals surface area contributed by atoms with E-state index >= 15 is 0 Å². The second-order valence-electron chi connectivity index (χ2n) is 9.70. The molecule has 0 unspecified atom stereocenters. The summed E-state index contributed by atoms with van der Waals surface area (Å²) in [5, 5.41) is 21.5. The summed E-state index contributed by atoms with van der Waals surface area (Å²) in [5.41, 5.74) is 2.44. The fourth-order valence-electron chi connectivity index (χ4n) is 4.15. The molecule has 11 heteroatoms. The zero-order valence-corrected chi connectivity index (χ0v) is 22.6. The average Bonchev–Trinajstić information content (AvgIpc) is 3.40. The number of hydrogen-bond acceptors (Lipinski definition) is 8. The van der Waals surface area contributed by atoms with E-state index in [2.05, 4.69) is 15.6 Å². The van der Waals surface area contributed by atoms with Crippen LogP contribution >= 0.6 is 0 Å². The van der Waals surface area contributed by atoms with E-state index in [0.29, 0.717) is 11.0 Å². The monoisotopic (exact) mass is 552 g/mol. The quantitative estimate of drug-likeness (QED) is 0.271. The minimum Gasteiger partial charge on any atom is -0.445 e. The van der Waals surface area contributed by atoms with E-state index in [9.17, 15) is 18.3 Å². The lowest BCUT2D eigenvalue weighted by atomic mass is 10.0.